The van der Waals surface area contributed by atoms with Gasteiger partial charge in [-0.15, -0.1) is 0 Å². The van der Waals surface area contributed by atoms with E-state index in [1.54, 1.807) is 6.26 Å². The van der Waals surface area contributed by atoms with Crippen molar-refractivity contribution in [2.75, 3.05) is 0 Å². The molecule has 104 valence electrons. The van der Waals surface area contributed by atoms with Crippen LogP contribution in [-0.4, -0.2) is 20.0 Å². The summed E-state index contributed by atoms with van der Waals surface area (Å²) in [6.45, 7) is 4.42. The first-order valence-electron chi connectivity index (χ1n) is 6.66. The van der Waals surface area contributed by atoms with Gasteiger partial charge in [0.25, 0.3) is 0 Å². The van der Waals surface area contributed by atoms with Crippen LogP contribution in [-0.2, 0) is 19.6 Å². The van der Waals surface area contributed by atoms with Crippen LogP contribution in [0.25, 0.3) is 11.5 Å². The second-order valence-corrected chi connectivity index (χ2v) is 4.52. The number of aromatic nitrogens is 4. The van der Waals surface area contributed by atoms with Crippen molar-refractivity contribution >= 4 is 0 Å². The normalized spacial score (nSPS) is 11.1. The monoisotopic (exact) mass is 271 g/mol. The standard InChI is InChI=1S/C14H17N5O/c1-2-19-6-5-11(18-19)9-15-10-12-8-13(17-16-12)14-4-3-7-20-14/h3-8,15H,2,9-10H2,1H3,(H,16,17). The molecule has 0 saturated heterocycles. The molecule has 2 N–H and O–H groups in total. The molecule has 0 aliphatic rings. The summed E-state index contributed by atoms with van der Waals surface area (Å²) in [5.74, 6) is 0.772. The maximum atomic E-state index is 5.31. The first-order valence-corrected chi connectivity index (χ1v) is 6.66. The van der Waals surface area contributed by atoms with Gasteiger partial charge < -0.3 is 9.73 Å². The molecule has 3 aromatic rings. The van der Waals surface area contributed by atoms with Crippen LogP contribution in [0.3, 0.4) is 0 Å². The Kier molecular flexibility index (Phi) is 3.64. The van der Waals surface area contributed by atoms with Crippen LogP contribution in [0.4, 0.5) is 0 Å². The third-order valence-electron chi connectivity index (χ3n) is 3.05. The van der Waals surface area contributed by atoms with E-state index in [2.05, 4.69) is 27.5 Å². The lowest BCUT2D eigenvalue weighted by molar-refractivity contribution is 0.580. The fourth-order valence-corrected chi connectivity index (χ4v) is 2.00. The van der Waals surface area contributed by atoms with Gasteiger partial charge in [0.05, 0.1) is 12.0 Å². The molecule has 0 bridgehead atoms. The summed E-state index contributed by atoms with van der Waals surface area (Å²) >= 11 is 0. The molecule has 0 spiro atoms. The highest BCUT2D eigenvalue weighted by Gasteiger charge is 2.06. The number of H-pyrrole nitrogens is 1. The van der Waals surface area contributed by atoms with Crippen LogP contribution in [0.5, 0.6) is 0 Å². The topological polar surface area (TPSA) is 71.7 Å². The summed E-state index contributed by atoms with van der Waals surface area (Å²) in [6.07, 6.45) is 3.63. The molecule has 0 aromatic carbocycles. The van der Waals surface area contributed by atoms with Gasteiger partial charge in [0.2, 0.25) is 0 Å². The highest BCUT2D eigenvalue weighted by atomic mass is 16.3. The van der Waals surface area contributed by atoms with Crippen molar-refractivity contribution in [1.82, 2.24) is 25.3 Å². The number of aromatic amines is 1. The average Bonchev–Trinajstić information content (AvgIpc) is 3.20. The van der Waals surface area contributed by atoms with E-state index in [4.69, 9.17) is 4.42 Å². The molecule has 3 rings (SSSR count). The van der Waals surface area contributed by atoms with E-state index in [-0.39, 0.29) is 0 Å². The van der Waals surface area contributed by atoms with E-state index < -0.39 is 0 Å². The van der Waals surface area contributed by atoms with E-state index >= 15 is 0 Å². The Labute approximate surface area is 116 Å². The third kappa shape index (κ3) is 2.80. The molecular weight excluding hydrogens is 254 g/mol. The Bertz CT molecular complexity index is 653. The minimum atomic E-state index is 0.715. The fraction of sp³-hybridized carbons (Fsp3) is 0.286. The number of nitrogens with zero attached hydrogens (tertiary/aromatic N) is 3. The van der Waals surface area contributed by atoms with Crippen molar-refractivity contribution in [3.8, 4) is 11.5 Å². The van der Waals surface area contributed by atoms with Crippen LogP contribution in [0.2, 0.25) is 0 Å². The second-order valence-electron chi connectivity index (χ2n) is 4.52. The number of hydrogen-bond acceptors (Lipinski definition) is 4. The summed E-state index contributed by atoms with van der Waals surface area (Å²) in [5, 5.41) is 15.0. The molecular formula is C14H17N5O. The molecule has 3 aromatic heterocycles. The zero-order valence-corrected chi connectivity index (χ0v) is 11.3. The maximum Gasteiger partial charge on any atom is 0.154 e. The zero-order chi connectivity index (χ0) is 13.8. The highest BCUT2D eigenvalue weighted by molar-refractivity contribution is 5.51. The molecule has 6 nitrogen and oxygen atoms in total. The largest absolute Gasteiger partial charge is 0.463 e. The Morgan fingerprint density at radius 3 is 3.05 bits per heavy atom. The van der Waals surface area contributed by atoms with Crippen LogP contribution in [0, 0.1) is 0 Å². The molecule has 0 saturated carbocycles. The van der Waals surface area contributed by atoms with Gasteiger partial charge in [-0.1, -0.05) is 0 Å². The molecule has 0 aliphatic heterocycles. The molecule has 20 heavy (non-hydrogen) atoms. The maximum absolute atomic E-state index is 5.31. The Balaban J connectivity index is 1.54. The van der Waals surface area contributed by atoms with Gasteiger partial charge in [0.1, 0.15) is 5.69 Å². The van der Waals surface area contributed by atoms with Gasteiger partial charge in [0.15, 0.2) is 5.76 Å². The van der Waals surface area contributed by atoms with Crippen LogP contribution in [0.1, 0.15) is 18.3 Å². The Morgan fingerprint density at radius 1 is 1.35 bits per heavy atom. The van der Waals surface area contributed by atoms with E-state index in [0.29, 0.717) is 6.54 Å². The lowest BCUT2D eigenvalue weighted by atomic mass is 10.3. The summed E-state index contributed by atoms with van der Waals surface area (Å²) in [7, 11) is 0. The average molecular weight is 271 g/mol. The van der Waals surface area contributed by atoms with Crippen molar-refractivity contribution < 1.29 is 4.42 Å². The van der Waals surface area contributed by atoms with E-state index in [0.717, 1.165) is 35.9 Å². The highest BCUT2D eigenvalue weighted by Crippen LogP contribution is 2.17. The first-order chi connectivity index (χ1) is 9.85. The van der Waals surface area contributed by atoms with Crippen molar-refractivity contribution in [2.24, 2.45) is 0 Å². The SMILES string of the molecule is CCn1ccc(CNCc2cc(-c3ccco3)n[nH]2)n1. The molecule has 0 aliphatic carbocycles. The second kappa shape index (κ2) is 5.75. The minimum absolute atomic E-state index is 0.715. The van der Waals surface area contributed by atoms with E-state index in [1.807, 2.05) is 35.1 Å². The van der Waals surface area contributed by atoms with Gasteiger partial charge in [-0.05, 0) is 31.2 Å². The van der Waals surface area contributed by atoms with Gasteiger partial charge in [-0.3, -0.25) is 9.78 Å². The van der Waals surface area contributed by atoms with Crippen molar-refractivity contribution in [2.45, 2.75) is 26.6 Å². The van der Waals surface area contributed by atoms with Gasteiger partial charge in [-0.2, -0.15) is 10.2 Å². The summed E-state index contributed by atoms with van der Waals surface area (Å²) in [4.78, 5) is 0. The molecule has 3 heterocycles. The van der Waals surface area contributed by atoms with Crippen molar-refractivity contribution in [3.63, 3.8) is 0 Å². The number of rotatable bonds is 6. The summed E-state index contributed by atoms with van der Waals surface area (Å²) < 4.78 is 7.22. The molecule has 0 amide bonds. The zero-order valence-electron chi connectivity index (χ0n) is 11.3. The van der Waals surface area contributed by atoms with Crippen LogP contribution < -0.4 is 5.32 Å². The van der Waals surface area contributed by atoms with Crippen LogP contribution >= 0.6 is 0 Å². The molecule has 0 atom stereocenters. The van der Waals surface area contributed by atoms with Crippen molar-refractivity contribution in [1.29, 1.82) is 0 Å². The van der Waals surface area contributed by atoms with Crippen LogP contribution in [0.15, 0.2) is 41.1 Å². The Hall–Kier alpha value is -2.34. The molecule has 0 radical (unpaired) electrons. The Morgan fingerprint density at radius 2 is 2.30 bits per heavy atom. The fourth-order valence-electron chi connectivity index (χ4n) is 2.00. The molecule has 6 heteroatoms. The number of furan rings is 1. The number of nitrogens with one attached hydrogen (secondary N) is 2. The molecule has 0 fully saturated rings. The van der Waals surface area contributed by atoms with Gasteiger partial charge >= 0.3 is 0 Å². The number of aryl methyl sites for hydroxylation is 1. The summed E-state index contributed by atoms with van der Waals surface area (Å²) in [6, 6.07) is 7.75. The molecule has 0 unspecified atom stereocenters. The van der Waals surface area contributed by atoms with E-state index in [1.165, 1.54) is 0 Å². The minimum Gasteiger partial charge on any atom is -0.463 e. The van der Waals surface area contributed by atoms with Gasteiger partial charge in [0, 0.05) is 31.5 Å². The van der Waals surface area contributed by atoms with E-state index in [9.17, 15) is 0 Å². The number of hydrogen-bond donors (Lipinski definition) is 2. The summed E-state index contributed by atoms with van der Waals surface area (Å²) in [5.41, 5.74) is 2.88. The smallest absolute Gasteiger partial charge is 0.154 e. The first kappa shape index (κ1) is 12.7. The van der Waals surface area contributed by atoms with Crippen molar-refractivity contribution in [3.05, 3.63) is 48.1 Å². The predicted molar refractivity (Wildman–Crippen MR) is 74.7 cm³/mol. The quantitative estimate of drug-likeness (QED) is 0.720. The lowest BCUT2D eigenvalue weighted by Gasteiger charge is -1.99. The lowest BCUT2D eigenvalue weighted by Crippen LogP contribution is -2.13. The predicted octanol–water partition coefficient (Wildman–Crippen LogP) is 2.18. The van der Waals surface area contributed by atoms with Gasteiger partial charge in [-0.25, -0.2) is 0 Å². The third-order valence-corrected chi connectivity index (χ3v) is 3.05.